The first-order chi connectivity index (χ1) is 7.65. The number of fused-ring (bicyclic) bond motifs is 1. The second-order valence-electron chi connectivity index (χ2n) is 4.69. The van der Waals surface area contributed by atoms with Gasteiger partial charge in [0, 0.05) is 24.3 Å². The van der Waals surface area contributed by atoms with Crippen LogP contribution < -0.4 is 10.6 Å². The fourth-order valence-electron chi connectivity index (χ4n) is 1.82. The number of anilines is 2. The summed E-state index contributed by atoms with van der Waals surface area (Å²) < 4.78 is 0. The summed E-state index contributed by atoms with van der Waals surface area (Å²) in [5.74, 6) is 0.756. The van der Waals surface area contributed by atoms with Crippen molar-refractivity contribution >= 4 is 17.3 Å². The molecule has 0 saturated heterocycles. The van der Waals surface area contributed by atoms with Gasteiger partial charge in [0.15, 0.2) is 0 Å². The predicted octanol–water partition coefficient (Wildman–Crippen LogP) is 2.64. The van der Waals surface area contributed by atoms with Crippen LogP contribution in [0.15, 0.2) is 18.2 Å². The third kappa shape index (κ3) is 2.54. The number of hydrogen-bond donors (Lipinski definition) is 2. The highest BCUT2D eigenvalue weighted by molar-refractivity contribution is 5.94. The lowest BCUT2D eigenvalue weighted by Gasteiger charge is -2.18. The van der Waals surface area contributed by atoms with Crippen LogP contribution in [0.4, 0.5) is 11.4 Å². The van der Waals surface area contributed by atoms with E-state index in [0.29, 0.717) is 12.3 Å². The van der Waals surface area contributed by atoms with E-state index in [1.165, 1.54) is 5.56 Å². The summed E-state index contributed by atoms with van der Waals surface area (Å²) in [6.07, 6.45) is 1.44. The maximum atomic E-state index is 11.2. The zero-order valence-corrected chi connectivity index (χ0v) is 9.84. The molecule has 1 aromatic rings. The number of carbonyl (C=O) groups excluding carboxylic acids is 1. The smallest absolute Gasteiger partial charge is 0.224 e. The van der Waals surface area contributed by atoms with Crippen LogP contribution in [0, 0.1) is 5.92 Å². The van der Waals surface area contributed by atoms with Crippen LogP contribution in [0.25, 0.3) is 0 Å². The molecule has 1 amide bonds. The Kier molecular flexibility index (Phi) is 3.13. The van der Waals surface area contributed by atoms with E-state index in [0.717, 1.165) is 24.3 Å². The van der Waals surface area contributed by atoms with Gasteiger partial charge in [-0.15, -0.1) is 0 Å². The molecule has 1 heterocycles. The van der Waals surface area contributed by atoms with E-state index in [-0.39, 0.29) is 5.91 Å². The molecule has 3 heteroatoms. The number of carbonyl (C=O) groups is 1. The van der Waals surface area contributed by atoms with Crippen LogP contribution in [0.5, 0.6) is 0 Å². The minimum atomic E-state index is 0.121. The van der Waals surface area contributed by atoms with Crippen molar-refractivity contribution in [1.29, 1.82) is 0 Å². The standard InChI is InChI=1S/C13H18N2O/c1-9(2)8-14-11-4-5-12-10(7-11)3-6-13(16)15-12/h4-5,7,9,14H,3,6,8H2,1-2H3,(H,15,16). The second-order valence-corrected chi connectivity index (χ2v) is 4.69. The molecule has 16 heavy (non-hydrogen) atoms. The van der Waals surface area contributed by atoms with Gasteiger partial charge in [0.1, 0.15) is 0 Å². The monoisotopic (exact) mass is 218 g/mol. The minimum absolute atomic E-state index is 0.121. The Balaban J connectivity index is 2.10. The van der Waals surface area contributed by atoms with Crippen LogP contribution in [0.2, 0.25) is 0 Å². The zero-order chi connectivity index (χ0) is 11.5. The molecule has 0 atom stereocenters. The molecule has 0 aromatic heterocycles. The molecule has 1 aliphatic rings. The fourth-order valence-corrected chi connectivity index (χ4v) is 1.82. The maximum Gasteiger partial charge on any atom is 0.224 e. The summed E-state index contributed by atoms with van der Waals surface area (Å²) in [5.41, 5.74) is 3.34. The summed E-state index contributed by atoms with van der Waals surface area (Å²) in [5, 5.41) is 6.28. The Hall–Kier alpha value is -1.51. The molecule has 1 aromatic carbocycles. The number of hydrogen-bond acceptors (Lipinski definition) is 2. The van der Waals surface area contributed by atoms with Crippen molar-refractivity contribution in [3.05, 3.63) is 23.8 Å². The van der Waals surface area contributed by atoms with Crippen molar-refractivity contribution in [3.63, 3.8) is 0 Å². The van der Waals surface area contributed by atoms with E-state index in [2.05, 4.69) is 30.5 Å². The molecule has 0 aliphatic carbocycles. The lowest BCUT2D eigenvalue weighted by Crippen LogP contribution is -2.19. The topological polar surface area (TPSA) is 41.1 Å². The molecule has 2 N–H and O–H groups in total. The Morgan fingerprint density at radius 1 is 1.38 bits per heavy atom. The number of rotatable bonds is 3. The maximum absolute atomic E-state index is 11.2. The highest BCUT2D eigenvalue weighted by Crippen LogP contribution is 2.25. The van der Waals surface area contributed by atoms with Gasteiger partial charge in [-0.05, 0) is 36.1 Å². The van der Waals surface area contributed by atoms with E-state index in [4.69, 9.17) is 0 Å². The molecule has 0 bridgehead atoms. The van der Waals surface area contributed by atoms with Gasteiger partial charge in [0.05, 0.1) is 0 Å². The lowest BCUT2D eigenvalue weighted by atomic mass is 10.0. The van der Waals surface area contributed by atoms with Gasteiger partial charge >= 0.3 is 0 Å². The molecule has 2 rings (SSSR count). The average Bonchev–Trinajstić information content (AvgIpc) is 2.26. The average molecular weight is 218 g/mol. The second kappa shape index (κ2) is 4.56. The van der Waals surface area contributed by atoms with E-state index in [1.54, 1.807) is 0 Å². The van der Waals surface area contributed by atoms with Gasteiger partial charge in [-0.3, -0.25) is 4.79 Å². The van der Waals surface area contributed by atoms with E-state index >= 15 is 0 Å². The highest BCUT2D eigenvalue weighted by Gasteiger charge is 2.14. The summed E-state index contributed by atoms with van der Waals surface area (Å²) in [7, 11) is 0. The quantitative estimate of drug-likeness (QED) is 0.819. The highest BCUT2D eigenvalue weighted by atomic mass is 16.1. The van der Waals surface area contributed by atoms with Crippen LogP contribution in [-0.4, -0.2) is 12.5 Å². The Morgan fingerprint density at radius 2 is 2.19 bits per heavy atom. The van der Waals surface area contributed by atoms with E-state index < -0.39 is 0 Å². The molecule has 0 fully saturated rings. The van der Waals surface area contributed by atoms with Crippen molar-refractivity contribution in [2.24, 2.45) is 5.92 Å². The van der Waals surface area contributed by atoms with Gasteiger partial charge < -0.3 is 10.6 Å². The van der Waals surface area contributed by atoms with Crippen molar-refractivity contribution < 1.29 is 4.79 Å². The molecule has 0 unspecified atom stereocenters. The number of nitrogens with one attached hydrogen (secondary N) is 2. The van der Waals surface area contributed by atoms with E-state index in [1.807, 2.05) is 12.1 Å². The third-order valence-electron chi connectivity index (χ3n) is 2.72. The Morgan fingerprint density at radius 3 is 2.94 bits per heavy atom. The first-order valence-electron chi connectivity index (χ1n) is 5.82. The molecule has 3 nitrogen and oxygen atoms in total. The van der Waals surface area contributed by atoms with Crippen LogP contribution in [0.3, 0.4) is 0 Å². The van der Waals surface area contributed by atoms with Crippen molar-refractivity contribution in [3.8, 4) is 0 Å². The number of amides is 1. The molecule has 86 valence electrons. The number of benzene rings is 1. The third-order valence-corrected chi connectivity index (χ3v) is 2.72. The molecular weight excluding hydrogens is 200 g/mol. The molecule has 0 radical (unpaired) electrons. The van der Waals surface area contributed by atoms with E-state index in [9.17, 15) is 4.79 Å². The SMILES string of the molecule is CC(C)CNc1ccc2c(c1)CCC(=O)N2. The first kappa shape index (κ1) is 11.0. The van der Waals surface area contributed by atoms with Gasteiger partial charge in [-0.2, -0.15) is 0 Å². The summed E-state index contributed by atoms with van der Waals surface area (Å²) in [6.45, 7) is 5.35. The molecule has 1 aliphatic heterocycles. The minimum Gasteiger partial charge on any atom is -0.385 e. The van der Waals surface area contributed by atoms with Crippen molar-refractivity contribution in [1.82, 2.24) is 0 Å². The van der Waals surface area contributed by atoms with Gasteiger partial charge in [-0.25, -0.2) is 0 Å². The normalized spacial score (nSPS) is 14.6. The Bertz CT molecular complexity index is 399. The fraction of sp³-hybridized carbons (Fsp3) is 0.462. The Labute approximate surface area is 96.2 Å². The molecular formula is C13H18N2O. The van der Waals surface area contributed by atoms with Crippen molar-refractivity contribution in [2.45, 2.75) is 26.7 Å². The van der Waals surface area contributed by atoms with Gasteiger partial charge in [0.2, 0.25) is 5.91 Å². The molecule has 0 saturated carbocycles. The largest absolute Gasteiger partial charge is 0.385 e. The predicted molar refractivity (Wildman–Crippen MR) is 66.7 cm³/mol. The lowest BCUT2D eigenvalue weighted by molar-refractivity contribution is -0.116. The zero-order valence-electron chi connectivity index (χ0n) is 9.84. The van der Waals surface area contributed by atoms with Gasteiger partial charge in [-0.1, -0.05) is 13.8 Å². The van der Waals surface area contributed by atoms with Gasteiger partial charge in [0.25, 0.3) is 0 Å². The molecule has 0 spiro atoms. The summed E-state index contributed by atoms with van der Waals surface area (Å²) in [6, 6.07) is 6.14. The van der Waals surface area contributed by atoms with Crippen LogP contribution in [0.1, 0.15) is 25.8 Å². The van der Waals surface area contributed by atoms with Crippen LogP contribution in [-0.2, 0) is 11.2 Å². The van der Waals surface area contributed by atoms with Crippen molar-refractivity contribution in [2.75, 3.05) is 17.2 Å². The van der Waals surface area contributed by atoms with Crippen LogP contribution >= 0.6 is 0 Å². The summed E-state index contributed by atoms with van der Waals surface area (Å²) >= 11 is 0. The number of aryl methyl sites for hydroxylation is 1. The first-order valence-corrected chi connectivity index (χ1v) is 5.82. The summed E-state index contributed by atoms with van der Waals surface area (Å²) in [4.78, 5) is 11.2.